The Bertz CT molecular complexity index is 1740. The maximum absolute atomic E-state index is 13.2. The average molecular weight is 1110 g/mol. The fourth-order valence-electron chi connectivity index (χ4n) is 8.94. The zero-order valence-electron chi connectivity index (χ0n) is 49.6. The van der Waals surface area contributed by atoms with Crippen LogP contribution in [0.2, 0.25) is 0 Å². The Morgan fingerprint density at radius 2 is 0.797 bits per heavy atom. The second-order valence-electron chi connectivity index (χ2n) is 20.9. The number of carbonyl (C=O) groups excluding carboxylic acids is 3. The first kappa shape index (κ1) is 72.7. The average Bonchev–Trinajstić information content (AvgIpc) is 3.44. The number of aliphatic hydroxyl groups is 2. The van der Waals surface area contributed by atoms with Gasteiger partial charge < -0.3 is 39.0 Å². The molecule has 6 unspecified atom stereocenters. The number of aliphatic hydroxyl groups excluding tert-OH is 2. The van der Waals surface area contributed by atoms with Crippen LogP contribution in [0.3, 0.4) is 0 Å². The van der Waals surface area contributed by atoms with Crippen molar-refractivity contribution in [3.05, 3.63) is 97.2 Å². The standard InChI is InChI=1S/C67H110O12/c1-4-7-10-13-16-19-22-25-27-29-30-32-33-36-38-41-44-47-50-53-59(68)75-56-58(77-60(69)54-51-48-45-42-40-37-34-31-28-26-23-20-17-14-11-8-5-2)57-76-67-65(63(72)62(71)64(79-67)66(73)74)78-61(70)55-52-49-46-43-39-35-24-21-18-15-12-9-6-3/h7,9-10,12,16,18-19,21,25,27,30,32,35-36,38-39,58,62-65,67,71-72H,4-6,8,11,13-15,17,20,22-24,26,28-29,31,33-34,37,40-57H2,1-3H3,(H,73,74)/b10-7-,12-9-,19-16-,21-18-,27-25-,32-30-,38-36-,39-35-. The van der Waals surface area contributed by atoms with E-state index in [1.54, 1.807) is 0 Å². The third kappa shape index (κ3) is 44.0. The molecule has 0 aliphatic carbocycles. The molecule has 1 rings (SSSR count). The number of hydrogen-bond acceptors (Lipinski definition) is 11. The molecule has 6 atom stereocenters. The lowest BCUT2D eigenvalue weighted by atomic mass is 9.98. The fourth-order valence-corrected chi connectivity index (χ4v) is 8.94. The predicted octanol–water partition coefficient (Wildman–Crippen LogP) is 16.5. The molecule has 0 aromatic rings. The number of hydrogen-bond donors (Lipinski definition) is 3. The van der Waals surface area contributed by atoms with Crippen LogP contribution < -0.4 is 0 Å². The monoisotopic (exact) mass is 1110 g/mol. The molecule has 0 radical (unpaired) electrons. The first-order valence-corrected chi connectivity index (χ1v) is 31.2. The van der Waals surface area contributed by atoms with E-state index in [9.17, 15) is 34.5 Å². The zero-order chi connectivity index (χ0) is 57.5. The van der Waals surface area contributed by atoms with Crippen molar-refractivity contribution in [2.24, 2.45) is 0 Å². The molecule has 12 nitrogen and oxygen atoms in total. The van der Waals surface area contributed by atoms with Crippen molar-refractivity contribution in [1.82, 2.24) is 0 Å². The molecular formula is C67H110O12. The molecule has 0 bridgehead atoms. The van der Waals surface area contributed by atoms with E-state index >= 15 is 0 Å². The Labute approximate surface area is 479 Å². The van der Waals surface area contributed by atoms with E-state index in [-0.39, 0.29) is 25.9 Å². The smallest absolute Gasteiger partial charge is 0.335 e. The van der Waals surface area contributed by atoms with E-state index in [0.29, 0.717) is 19.3 Å². The minimum absolute atomic E-state index is 0.0189. The van der Waals surface area contributed by atoms with Crippen LogP contribution in [0, 0.1) is 0 Å². The van der Waals surface area contributed by atoms with Gasteiger partial charge in [-0.15, -0.1) is 0 Å². The van der Waals surface area contributed by atoms with Gasteiger partial charge in [0.15, 0.2) is 24.6 Å². The van der Waals surface area contributed by atoms with Crippen LogP contribution in [0.1, 0.15) is 252 Å². The second-order valence-corrected chi connectivity index (χ2v) is 20.9. The summed E-state index contributed by atoms with van der Waals surface area (Å²) in [6, 6.07) is 0. The summed E-state index contributed by atoms with van der Waals surface area (Å²) in [4.78, 5) is 51.2. The molecule has 1 heterocycles. The van der Waals surface area contributed by atoms with Crippen LogP contribution in [-0.4, -0.2) is 89.2 Å². The number of ether oxygens (including phenoxy) is 5. The summed E-state index contributed by atoms with van der Waals surface area (Å²) in [5.74, 6) is -3.20. The summed E-state index contributed by atoms with van der Waals surface area (Å²) in [7, 11) is 0. The van der Waals surface area contributed by atoms with Crippen molar-refractivity contribution in [2.75, 3.05) is 13.2 Å². The molecule has 79 heavy (non-hydrogen) atoms. The number of carboxylic acid groups (broad SMARTS) is 1. The van der Waals surface area contributed by atoms with E-state index < -0.39 is 67.3 Å². The predicted molar refractivity (Wildman–Crippen MR) is 321 cm³/mol. The van der Waals surface area contributed by atoms with Gasteiger partial charge in [-0.1, -0.05) is 234 Å². The lowest BCUT2D eigenvalue weighted by molar-refractivity contribution is -0.301. The summed E-state index contributed by atoms with van der Waals surface area (Å²) in [6.07, 6.45) is 59.5. The molecule has 3 N–H and O–H groups in total. The number of carboxylic acids is 1. The minimum atomic E-state index is -1.92. The molecule has 1 saturated heterocycles. The van der Waals surface area contributed by atoms with Gasteiger partial charge in [0.25, 0.3) is 0 Å². The molecule has 0 aromatic heterocycles. The van der Waals surface area contributed by atoms with Crippen LogP contribution >= 0.6 is 0 Å². The lowest BCUT2D eigenvalue weighted by Gasteiger charge is -2.40. The normalized spacial score (nSPS) is 18.5. The summed E-state index contributed by atoms with van der Waals surface area (Å²) in [5, 5.41) is 31.5. The van der Waals surface area contributed by atoms with Gasteiger partial charge in [-0.2, -0.15) is 0 Å². The summed E-state index contributed by atoms with van der Waals surface area (Å²) in [6.45, 7) is 5.74. The van der Waals surface area contributed by atoms with Crippen LogP contribution in [0.4, 0.5) is 0 Å². The Balaban J connectivity index is 2.71. The van der Waals surface area contributed by atoms with E-state index in [0.717, 1.165) is 109 Å². The highest BCUT2D eigenvalue weighted by molar-refractivity contribution is 5.74. The number of aliphatic carboxylic acids is 1. The van der Waals surface area contributed by atoms with E-state index in [2.05, 4.69) is 118 Å². The molecule has 0 saturated carbocycles. The van der Waals surface area contributed by atoms with Crippen LogP contribution in [0.15, 0.2) is 97.2 Å². The van der Waals surface area contributed by atoms with Crippen molar-refractivity contribution in [3.63, 3.8) is 0 Å². The van der Waals surface area contributed by atoms with E-state index in [1.165, 1.54) is 83.5 Å². The summed E-state index contributed by atoms with van der Waals surface area (Å²) < 4.78 is 28.4. The maximum Gasteiger partial charge on any atom is 0.335 e. The van der Waals surface area contributed by atoms with Crippen LogP contribution in [0.5, 0.6) is 0 Å². The topological polar surface area (TPSA) is 175 Å². The highest BCUT2D eigenvalue weighted by atomic mass is 16.7. The molecule has 0 spiro atoms. The van der Waals surface area contributed by atoms with Crippen molar-refractivity contribution in [3.8, 4) is 0 Å². The molecule has 12 heteroatoms. The largest absolute Gasteiger partial charge is 0.479 e. The Kier molecular flexibility index (Phi) is 49.9. The first-order valence-electron chi connectivity index (χ1n) is 31.2. The number of allylic oxidation sites excluding steroid dienone is 16. The maximum atomic E-state index is 13.2. The van der Waals surface area contributed by atoms with Crippen molar-refractivity contribution >= 4 is 23.9 Å². The number of unbranched alkanes of at least 4 members (excludes halogenated alkanes) is 22. The van der Waals surface area contributed by atoms with Crippen molar-refractivity contribution < 1.29 is 58.2 Å². The lowest BCUT2D eigenvalue weighted by Crippen LogP contribution is -2.61. The summed E-state index contributed by atoms with van der Waals surface area (Å²) in [5.41, 5.74) is 0. The molecule has 450 valence electrons. The molecule has 0 aromatic carbocycles. The van der Waals surface area contributed by atoms with Crippen molar-refractivity contribution in [2.45, 2.75) is 289 Å². The third-order valence-corrected chi connectivity index (χ3v) is 13.7. The number of carbonyl (C=O) groups is 4. The fraction of sp³-hybridized carbons (Fsp3) is 0.701. The number of esters is 3. The SMILES string of the molecule is CC/C=C\C/C=C\C/C=C\C/C=C\C/C=C\CCCCCC(=O)OCC(COC1OC(C(=O)O)C(O)C(O)C1OC(=O)CCCCC/C=C\C/C=C\C/C=C\CC)OC(=O)CCCCCCCCCCCCCCCCCCC. The van der Waals surface area contributed by atoms with Gasteiger partial charge in [-0.3, -0.25) is 14.4 Å². The molecular weight excluding hydrogens is 997 g/mol. The van der Waals surface area contributed by atoms with Gasteiger partial charge in [0, 0.05) is 19.3 Å². The van der Waals surface area contributed by atoms with Crippen LogP contribution in [-0.2, 0) is 42.9 Å². The highest BCUT2D eigenvalue weighted by Gasteiger charge is 2.50. The van der Waals surface area contributed by atoms with Gasteiger partial charge in [-0.25, -0.2) is 4.79 Å². The third-order valence-electron chi connectivity index (χ3n) is 13.7. The van der Waals surface area contributed by atoms with Gasteiger partial charge in [0.05, 0.1) is 6.61 Å². The Morgan fingerprint density at radius 1 is 0.430 bits per heavy atom. The Morgan fingerprint density at radius 3 is 1.22 bits per heavy atom. The minimum Gasteiger partial charge on any atom is -0.479 e. The van der Waals surface area contributed by atoms with E-state index in [1.807, 2.05) is 0 Å². The van der Waals surface area contributed by atoms with Gasteiger partial charge in [0.2, 0.25) is 0 Å². The first-order chi connectivity index (χ1) is 38.6. The van der Waals surface area contributed by atoms with Gasteiger partial charge in [-0.05, 0) is 96.3 Å². The van der Waals surface area contributed by atoms with Gasteiger partial charge in [0.1, 0.15) is 18.8 Å². The molecule has 1 aliphatic heterocycles. The molecule has 1 aliphatic rings. The zero-order valence-corrected chi connectivity index (χ0v) is 49.6. The molecule has 0 amide bonds. The Hall–Kier alpha value is -4.36. The van der Waals surface area contributed by atoms with E-state index in [4.69, 9.17) is 23.7 Å². The number of rotatable bonds is 52. The highest BCUT2D eigenvalue weighted by Crippen LogP contribution is 2.26. The quantitative estimate of drug-likeness (QED) is 0.0228. The summed E-state index contributed by atoms with van der Waals surface area (Å²) >= 11 is 0. The molecule has 1 fully saturated rings. The van der Waals surface area contributed by atoms with Crippen molar-refractivity contribution in [1.29, 1.82) is 0 Å². The van der Waals surface area contributed by atoms with Crippen LogP contribution in [0.25, 0.3) is 0 Å². The second kappa shape index (κ2) is 54.2. The van der Waals surface area contributed by atoms with Gasteiger partial charge >= 0.3 is 23.9 Å².